The molecule has 2 N–H and O–H groups in total. The highest BCUT2D eigenvalue weighted by Crippen LogP contribution is 2.21. The number of pyridine rings is 3. The summed E-state index contributed by atoms with van der Waals surface area (Å²) in [6, 6.07) is 16.0. The van der Waals surface area contributed by atoms with E-state index in [4.69, 9.17) is 0 Å². The van der Waals surface area contributed by atoms with Crippen molar-refractivity contribution in [2.24, 2.45) is 0 Å². The van der Waals surface area contributed by atoms with Gasteiger partial charge in [0.15, 0.2) is 0 Å². The third-order valence-corrected chi connectivity index (χ3v) is 4.31. The number of anilines is 1. The van der Waals surface area contributed by atoms with Crippen molar-refractivity contribution in [2.75, 3.05) is 5.32 Å². The quantitative estimate of drug-likeness (QED) is 0.552. The zero-order chi connectivity index (χ0) is 20.1. The van der Waals surface area contributed by atoms with E-state index in [1.807, 2.05) is 30.3 Å². The third kappa shape index (κ3) is 4.24. The van der Waals surface area contributed by atoms with Crippen molar-refractivity contribution in [1.29, 1.82) is 0 Å². The minimum absolute atomic E-state index is 0.164. The summed E-state index contributed by atoms with van der Waals surface area (Å²) in [5.41, 5.74) is 2.68. The van der Waals surface area contributed by atoms with Crippen molar-refractivity contribution in [3.8, 4) is 0 Å². The second-order valence-corrected chi connectivity index (χ2v) is 6.31. The number of amides is 2. The molecule has 7 heteroatoms. The molecule has 142 valence electrons. The van der Waals surface area contributed by atoms with Crippen LogP contribution in [-0.2, 0) is 6.54 Å². The summed E-state index contributed by atoms with van der Waals surface area (Å²) in [5.74, 6) is -0.706. The van der Waals surface area contributed by atoms with Gasteiger partial charge in [0.1, 0.15) is 5.69 Å². The van der Waals surface area contributed by atoms with E-state index in [2.05, 4.69) is 25.6 Å². The fourth-order valence-electron chi connectivity index (χ4n) is 2.87. The van der Waals surface area contributed by atoms with Crippen LogP contribution in [-0.4, -0.2) is 26.8 Å². The van der Waals surface area contributed by atoms with E-state index in [-0.39, 0.29) is 17.5 Å². The highest BCUT2D eigenvalue weighted by molar-refractivity contribution is 6.09. The number of para-hydroxylation sites is 1. The molecule has 0 aliphatic carbocycles. The van der Waals surface area contributed by atoms with E-state index < -0.39 is 0 Å². The van der Waals surface area contributed by atoms with E-state index in [1.54, 1.807) is 36.8 Å². The number of aromatic nitrogens is 3. The standard InChI is InChI=1S/C22H17N5O2/c28-21(27-18-7-1-5-16-6-3-10-25-20(16)18)17-8-11-24-19(12-17)22(29)26-14-15-4-2-9-23-13-15/h1-13H,14H2,(H,26,29)(H,27,28). The minimum atomic E-state index is -0.365. The molecular weight excluding hydrogens is 366 g/mol. The van der Waals surface area contributed by atoms with Crippen LogP contribution in [0.1, 0.15) is 26.4 Å². The average molecular weight is 383 g/mol. The number of benzene rings is 1. The summed E-state index contributed by atoms with van der Waals surface area (Å²) < 4.78 is 0. The normalized spacial score (nSPS) is 10.5. The molecule has 0 aliphatic heterocycles. The molecule has 0 atom stereocenters. The fraction of sp³-hybridized carbons (Fsp3) is 0.0455. The lowest BCUT2D eigenvalue weighted by Gasteiger charge is -2.09. The first-order chi connectivity index (χ1) is 14.2. The molecule has 2 amide bonds. The van der Waals surface area contributed by atoms with Crippen molar-refractivity contribution < 1.29 is 9.59 Å². The minimum Gasteiger partial charge on any atom is -0.347 e. The molecule has 3 heterocycles. The molecule has 3 aromatic heterocycles. The van der Waals surface area contributed by atoms with Crippen LogP contribution in [0.4, 0.5) is 5.69 Å². The number of nitrogens with one attached hydrogen (secondary N) is 2. The first-order valence-electron chi connectivity index (χ1n) is 8.99. The van der Waals surface area contributed by atoms with Crippen LogP contribution in [0.15, 0.2) is 79.4 Å². The van der Waals surface area contributed by atoms with Crippen LogP contribution in [0.2, 0.25) is 0 Å². The smallest absolute Gasteiger partial charge is 0.270 e. The van der Waals surface area contributed by atoms with Gasteiger partial charge in [0.05, 0.1) is 11.2 Å². The van der Waals surface area contributed by atoms with Gasteiger partial charge < -0.3 is 10.6 Å². The fourth-order valence-corrected chi connectivity index (χ4v) is 2.87. The summed E-state index contributed by atoms with van der Waals surface area (Å²) in [4.78, 5) is 37.5. The Bertz CT molecular complexity index is 1170. The molecule has 4 rings (SSSR count). The maximum Gasteiger partial charge on any atom is 0.270 e. The van der Waals surface area contributed by atoms with Crippen molar-refractivity contribution >= 4 is 28.4 Å². The zero-order valence-corrected chi connectivity index (χ0v) is 15.4. The third-order valence-electron chi connectivity index (χ3n) is 4.31. The van der Waals surface area contributed by atoms with Gasteiger partial charge in [-0.3, -0.25) is 24.5 Å². The van der Waals surface area contributed by atoms with Gasteiger partial charge >= 0.3 is 0 Å². The maximum atomic E-state index is 12.7. The Kier molecular flexibility index (Phi) is 5.20. The SMILES string of the molecule is O=C(Nc1cccc2cccnc12)c1ccnc(C(=O)NCc2cccnc2)c1. The van der Waals surface area contributed by atoms with Gasteiger partial charge in [-0.1, -0.05) is 24.3 Å². The Morgan fingerprint density at radius 3 is 2.59 bits per heavy atom. The van der Waals surface area contributed by atoms with Gasteiger partial charge in [-0.25, -0.2) is 0 Å². The second-order valence-electron chi connectivity index (χ2n) is 6.31. The summed E-state index contributed by atoms with van der Waals surface area (Å²) in [6.07, 6.45) is 6.46. The van der Waals surface area contributed by atoms with Gasteiger partial charge in [-0.15, -0.1) is 0 Å². The van der Waals surface area contributed by atoms with Crippen LogP contribution in [0.5, 0.6) is 0 Å². The van der Waals surface area contributed by atoms with E-state index in [0.717, 1.165) is 10.9 Å². The molecule has 7 nitrogen and oxygen atoms in total. The number of nitrogens with zero attached hydrogens (tertiary/aromatic N) is 3. The largest absolute Gasteiger partial charge is 0.347 e. The van der Waals surface area contributed by atoms with Crippen LogP contribution in [0.25, 0.3) is 10.9 Å². The van der Waals surface area contributed by atoms with Crippen LogP contribution >= 0.6 is 0 Å². The van der Waals surface area contributed by atoms with Crippen molar-refractivity contribution in [3.63, 3.8) is 0 Å². The summed E-state index contributed by atoms with van der Waals surface area (Å²) in [7, 11) is 0. The maximum absolute atomic E-state index is 12.7. The molecule has 1 aromatic carbocycles. The Morgan fingerprint density at radius 1 is 0.862 bits per heavy atom. The lowest BCUT2D eigenvalue weighted by Crippen LogP contribution is -2.24. The molecule has 0 unspecified atom stereocenters. The predicted octanol–water partition coefficient (Wildman–Crippen LogP) is 3.21. The molecule has 0 fully saturated rings. The molecule has 4 aromatic rings. The van der Waals surface area contributed by atoms with E-state index in [1.165, 1.54) is 12.3 Å². The Hall–Kier alpha value is -4.13. The van der Waals surface area contributed by atoms with E-state index in [9.17, 15) is 9.59 Å². The summed E-state index contributed by atoms with van der Waals surface area (Å²) in [5, 5.41) is 6.55. The number of hydrogen-bond acceptors (Lipinski definition) is 5. The number of rotatable bonds is 5. The summed E-state index contributed by atoms with van der Waals surface area (Å²) >= 11 is 0. The van der Waals surface area contributed by atoms with Gasteiger partial charge in [0, 0.05) is 42.3 Å². The average Bonchev–Trinajstić information content (AvgIpc) is 2.78. The number of fused-ring (bicyclic) bond motifs is 1. The van der Waals surface area contributed by atoms with Gasteiger partial charge in [-0.05, 0) is 35.9 Å². The molecular formula is C22H17N5O2. The number of carbonyl (C=O) groups excluding carboxylic acids is 2. The Balaban J connectivity index is 1.49. The van der Waals surface area contributed by atoms with E-state index in [0.29, 0.717) is 23.3 Å². The van der Waals surface area contributed by atoms with Crippen LogP contribution < -0.4 is 10.6 Å². The zero-order valence-electron chi connectivity index (χ0n) is 15.4. The van der Waals surface area contributed by atoms with Gasteiger partial charge in [0.25, 0.3) is 11.8 Å². The lowest BCUT2D eigenvalue weighted by atomic mass is 10.1. The van der Waals surface area contributed by atoms with Crippen molar-refractivity contribution in [1.82, 2.24) is 20.3 Å². The first-order valence-corrected chi connectivity index (χ1v) is 8.99. The van der Waals surface area contributed by atoms with Crippen LogP contribution in [0, 0.1) is 0 Å². The molecule has 0 saturated heterocycles. The monoisotopic (exact) mass is 383 g/mol. The van der Waals surface area contributed by atoms with E-state index >= 15 is 0 Å². The molecule has 0 radical (unpaired) electrons. The van der Waals surface area contributed by atoms with Crippen molar-refractivity contribution in [2.45, 2.75) is 6.54 Å². The van der Waals surface area contributed by atoms with Crippen molar-refractivity contribution in [3.05, 3.63) is 96.2 Å². The first kappa shape index (κ1) is 18.2. The molecule has 0 aliphatic rings. The summed E-state index contributed by atoms with van der Waals surface area (Å²) in [6.45, 7) is 0.326. The highest BCUT2D eigenvalue weighted by atomic mass is 16.2. The molecule has 0 bridgehead atoms. The van der Waals surface area contributed by atoms with Gasteiger partial charge in [0.2, 0.25) is 0 Å². The van der Waals surface area contributed by atoms with Gasteiger partial charge in [-0.2, -0.15) is 0 Å². The molecule has 0 saturated carbocycles. The second kappa shape index (κ2) is 8.26. The topological polar surface area (TPSA) is 96.9 Å². The lowest BCUT2D eigenvalue weighted by molar-refractivity contribution is 0.0946. The van der Waals surface area contributed by atoms with Crippen LogP contribution in [0.3, 0.4) is 0 Å². The Labute approximate surface area is 166 Å². The number of carbonyl (C=O) groups is 2. The predicted molar refractivity (Wildman–Crippen MR) is 109 cm³/mol. The molecule has 0 spiro atoms. The number of hydrogen-bond donors (Lipinski definition) is 2. The molecule has 29 heavy (non-hydrogen) atoms. The highest BCUT2D eigenvalue weighted by Gasteiger charge is 2.13. The Morgan fingerprint density at radius 2 is 1.72 bits per heavy atom.